The van der Waals surface area contributed by atoms with Gasteiger partial charge in [-0.3, -0.25) is 4.90 Å². The molecule has 0 spiro atoms. The van der Waals surface area contributed by atoms with Gasteiger partial charge in [0.15, 0.2) is 25.4 Å². The average molecular weight is 393 g/mol. The van der Waals surface area contributed by atoms with Crippen molar-refractivity contribution in [3.63, 3.8) is 0 Å². The molecule has 1 aliphatic heterocycles. The normalized spacial score (nSPS) is 21.9. The number of nitrogens with zero attached hydrogens (tertiary/aromatic N) is 2. The lowest BCUT2D eigenvalue weighted by Crippen LogP contribution is -2.52. The van der Waals surface area contributed by atoms with E-state index in [-0.39, 0.29) is 12.6 Å². The minimum atomic E-state index is -2.08. The van der Waals surface area contributed by atoms with E-state index in [1.807, 2.05) is 26.6 Å². The number of rotatable bonds is 5. The number of carbonyl (C=O) groups is 1. The van der Waals surface area contributed by atoms with Gasteiger partial charge in [0.25, 0.3) is 0 Å². The number of hydrogen-bond donors (Lipinski definition) is 0. The second kappa shape index (κ2) is 7.78. The van der Waals surface area contributed by atoms with E-state index in [1.165, 1.54) is 14.2 Å². The number of amides is 1. The van der Waals surface area contributed by atoms with Crippen LogP contribution in [0.25, 0.3) is 0 Å². The van der Waals surface area contributed by atoms with Crippen molar-refractivity contribution in [3.8, 4) is 17.6 Å². The smallest absolute Gasteiger partial charge is 0.414 e. The molecule has 2 rings (SSSR count). The van der Waals surface area contributed by atoms with Crippen LogP contribution in [0.1, 0.15) is 25.8 Å². The summed E-state index contributed by atoms with van der Waals surface area (Å²) in [6, 6.07) is 5.53. The van der Waals surface area contributed by atoms with E-state index < -0.39 is 20.0 Å². The second-order valence-corrected chi connectivity index (χ2v) is 11.9. The maximum Gasteiger partial charge on any atom is 0.414 e. The van der Waals surface area contributed by atoms with Gasteiger partial charge in [-0.2, -0.15) is 5.26 Å². The number of carbonyl (C=O) groups excluding carboxylic acids is 1. The minimum absolute atomic E-state index is 0.263. The molecule has 1 heterocycles. The summed E-state index contributed by atoms with van der Waals surface area (Å²) in [5.41, 5.74) is -0.0252. The molecular weight excluding hydrogens is 364 g/mol. The molecule has 2 atom stereocenters. The van der Waals surface area contributed by atoms with Crippen LogP contribution in [0.3, 0.4) is 0 Å². The third-order valence-electron chi connectivity index (χ3n) is 4.35. The van der Waals surface area contributed by atoms with Gasteiger partial charge in [0.1, 0.15) is 6.07 Å². The lowest BCUT2D eigenvalue weighted by Gasteiger charge is -2.45. The van der Waals surface area contributed by atoms with Gasteiger partial charge in [0, 0.05) is 24.1 Å². The molecule has 1 aromatic rings. The highest BCUT2D eigenvalue weighted by Crippen LogP contribution is 2.49. The maximum absolute atomic E-state index is 12.6. The fourth-order valence-electron chi connectivity index (χ4n) is 3.47. The van der Waals surface area contributed by atoms with Gasteiger partial charge in [-0.1, -0.05) is 0 Å². The Morgan fingerprint density at radius 2 is 1.89 bits per heavy atom. The summed E-state index contributed by atoms with van der Waals surface area (Å²) < 4.78 is 22.5. The average Bonchev–Trinajstić information content (AvgIpc) is 2.59. The molecule has 0 unspecified atom stereocenters. The Morgan fingerprint density at radius 1 is 1.30 bits per heavy atom. The van der Waals surface area contributed by atoms with Gasteiger partial charge in [0.2, 0.25) is 0 Å². The molecular formula is C19H28N2O5Si. The molecule has 0 bridgehead atoms. The molecule has 0 N–H and O–H groups in total. The molecule has 0 saturated carbocycles. The molecule has 7 nitrogen and oxygen atoms in total. The number of benzene rings is 1. The summed E-state index contributed by atoms with van der Waals surface area (Å²) in [6.45, 7) is 10.0. The molecule has 8 heteroatoms. The van der Waals surface area contributed by atoms with Gasteiger partial charge < -0.3 is 18.6 Å². The molecule has 0 aromatic heterocycles. The second-order valence-electron chi connectivity index (χ2n) is 7.50. The van der Waals surface area contributed by atoms with Crippen LogP contribution in [0.4, 0.5) is 10.5 Å². The van der Waals surface area contributed by atoms with Crippen molar-refractivity contribution in [1.82, 2.24) is 0 Å². The zero-order valence-corrected chi connectivity index (χ0v) is 18.1. The first-order chi connectivity index (χ1) is 12.6. The zero-order chi connectivity index (χ0) is 20.4. The summed E-state index contributed by atoms with van der Waals surface area (Å²) in [5, 5.41) is 10.1. The first-order valence-corrected chi connectivity index (χ1v) is 12.4. The standard InChI is InChI=1S/C19H28N2O5Si/c1-8-25-18(22)21-13(2)11-19(12-20,26-27(5,6)7)14-9-16(23-3)17(24-4)10-15(14)21/h9-10,13H,8,11H2,1-7H3/t13-,19+/m0/s1. The highest BCUT2D eigenvalue weighted by Gasteiger charge is 2.48. The SMILES string of the molecule is CCOC(=O)N1c2cc(OC)c(OC)cc2[C@@](C#N)(O[Si](C)(C)C)C[C@@H]1C. The third kappa shape index (κ3) is 4.04. The first-order valence-electron chi connectivity index (χ1n) is 8.96. The Hall–Kier alpha value is -2.24. The van der Waals surface area contributed by atoms with E-state index in [2.05, 4.69) is 6.07 Å². The molecule has 0 fully saturated rings. The van der Waals surface area contributed by atoms with E-state index >= 15 is 0 Å². The van der Waals surface area contributed by atoms with E-state index in [0.717, 1.165) is 0 Å². The van der Waals surface area contributed by atoms with Crippen molar-refractivity contribution in [3.05, 3.63) is 17.7 Å². The number of anilines is 1. The molecule has 148 valence electrons. The quantitative estimate of drug-likeness (QED) is 0.704. The summed E-state index contributed by atoms with van der Waals surface area (Å²) in [5.74, 6) is 0.952. The Kier molecular flexibility index (Phi) is 6.07. The molecule has 0 aliphatic carbocycles. The Balaban J connectivity index is 2.76. The fraction of sp³-hybridized carbons (Fsp3) is 0.579. The lowest BCUT2D eigenvalue weighted by atomic mass is 9.83. The molecule has 1 amide bonds. The predicted octanol–water partition coefficient (Wildman–Crippen LogP) is 4.03. The minimum Gasteiger partial charge on any atom is -0.493 e. The third-order valence-corrected chi connectivity index (χ3v) is 5.31. The van der Waals surface area contributed by atoms with Crippen molar-refractivity contribution in [2.24, 2.45) is 0 Å². The topological polar surface area (TPSA) is 81.0 Å². The Morgan fingerprint density at radius 3 is 2.37 bits per heavy atom. The van der Waals surface area contributed by atoms with E-state index in [4.69, 9.17) is 18.6 Å². The van der Waals surface area contributed by atoms with Crippen LogP contribution in [0, 0.1) is 11.3 Å². The summed E-state index contributed by atoms with van der Waals surface area (Å²) in [4.78, 5) is 14.2. The summed E-state index contributed by atoms with van der Waals surface area (Å²) in [6.07, 6.45) is -0.118. The zero-order valence-electron chi connectivity index (χ0n) is 17.1. The first kappa shape index (κ1) is 21.1. The van der Waals surface area contributed by atoms with Gasteiger partial charge in [0.05, 0.1) is 26.5 Å². The van der Waals surface area contributed by atoms with Crippen LogP contribution >= 0.6 is 0 Å². The van der Waals surface area contributed by atoms with Crippen LogP contribution in [0.15, 0.2) is 12.1 Å². The van der Waals surface area contributed by atoms with Crippen molar-refractivity contribution >= 4 is 20.1 Å². The molecule has 1 aromatic carbocycles. The molecule has 0 radical (unpaired) electrons. The van der Waals surface area contributed by atoms with Crippen LogP contribution in [-0.2, 0) is 14.8 Å². The largest absolute Gasteiger partial charge is 0.493 e. The van der Waals surface area contributed by atoms with Crippen molar-refractivity contribution in [2.75, 3.05) is 25.7 Å². The summed E-state index contributed by atoms with van der Waals surface area (Å²) >= 11 is 0. The van der Waals surface area contributed by atoms with Crippen molar-refractivity contribution in [1.29, 1.82) is 5.26 Å². The highest BCUT2D eigenvalue weighted by molar-refractivity contribution is 6.69. The molecule has 0 saturated heterocycles. The van der Waals surface area contributed by atoms with E-state index in [0.29, 0.717) is 29.2 Å². The van der Waals surface area contributed by atoms with Gasteiger partial charge in [-0.05, 0) is 39.6 Å². The van der Waals surface area contributed by atoms with Crippen LogP contribution in [-0.4, -0.2) is 41.3 Å². The molecule has 27 heavy (non-hydrogen) atoms. The van der Waals surface area contributed by atoms with Gasteiger partial charge in [-0.25, -0.2) is 4.79 Å². The highest BCUT2D eigenvalue weighted by atomic mass is 28.4. The van der Waals surface area contributed by atoms with E-state index in [1.54, 1.807) is 24.0 Å². The Labute approximate surface area is 161 Å². The number of fused-ring (bicyclic) bond motifs is 1. The van der Waals surface area contributed by atoms with Crippen molar-refractivity contribution < 1.29 is 23.4 Å². The van der Waals surface area contributed by atoms with Gasteiger partial charge >= 0.3 is 6.09 Å². The molecule has 1 aliphatic rings. The van der Waals surface area contributed by atoms with E-state index in [9.17, 15) is 10.1 Å². The van der Waals surface area contributed by atoms with Crippen LogP contribution in [0.2, 0.25) is 19.6 Å². The van der Waals surface area contributed by atoms with Gasteiger partial charge in [-0.15, -0.1) is 0 Å². The number of methoxy groups -OCH3 is 2. The van der Waals surface area contributed by atoms with Crippen LogP contribution < -0.4 is 14.4 Å². The Bertz CT molecular complexity index is 756. The maximum atomic E-state index is 12.6. The van der Waals surface area contributed by atoms with Crippen LogP contribution in [0.5, 0.6) is 11.5 Å². The monoisotopic (exact) mass is 392 g/mol. The number of hydrogen-bond acceptors (Lipinski definition) is 6. The fourth-order valence-corrected chi connectivity index (χ4v) is 4.75. The number of nitriles is 1. The predicted molar refractivity (Wildman–Crippen MR) is 105 cm³/mol. The lowest BCUT2D eigenvalue weighted by molar-refractivity contribution is 0.0909. The van der Waals surface area contributed by atoms with Crippen molar-refractivity contribution in [2.45, 2.75) is 51.6 Å². The summed E-state index contributed by atoms with van der Waals surface area (Å²) in [7, 11) is 0.984. The number of ether oxygens (including phenoxy) is 3.